The number of hydrogen-bond donors (Lipinski definition) is 1. The maximum atomic E-state index is 10.7. The Morgan fingerprint density at radius 2 is 2.14 bits per heavy atom. The van der Waals surface area contributed by atoms with Crippen LogP contribution >= 0.6 is 0 Å². The topological polar surface area (TPSA) is 81.2 Å². The number of non-ortho nitro benzene ring substituents is 1. The van der Waals surface area contributed by atoms with E-state index in [9.17, 15) is 10.1 Å². The highest BCUT2D eigenvalue weighted by Crippen LogP contribution is 2.29. The molecule has 0 bridgehead atoms. The molecule has 1 saturated carbocycles. The van der Waals surface area contributed by atoms with Crippen molar-refractivity contribution in [2.45, 2.75) is 32.6 Å². The molecule has 0 amide bonds. The summed E-state index contributed by atoms with van der Waals surface area (Å²) in [5.41, 5.74) is 1.12. The van der Waals surface area contributed by atoms with Crippen LogP contribution in [0.5, 0.6) is 0 Å². The maximum absolute atomic E-state index is 10.7. The second-order valence-electron chi connectivity index (χ2n) is 5.93. The number of hydrogen-bond acceptors (Lipinski definition) is 5. The summed E-state index contributed by atoms with van der Waals surface area (Å²) in [5.74, 6) is 1.50. The fourth-order valence-electron chi connectivity index (χ4n) is 2.87. The van der Waals surface area contributed by atoms with Crippen molar-refractivity contribution in [1.82, 2.24) is 4.98 Å². The summed E-state index contributed by atoms with van der Waals surface area (Å²) < 4.78 is 5.57. The van der Waals surface area contributed by atoms with Gasteiger partial charge in [0.05, 0.1) is 4.92 Å². The summed E-state index contributed by atoms with van der Waals surface area (Å²) in [6.07, 6.45) is 5.04. The van der Waals surface area contributed by atoms with Gasteiger partial charge in [-0.05, 0) is 30.7 Å². The van der Waals surface area contributed by atoms with E-state index >= 15 is 0 Å². The van der Waals surface area contributed by atoms with Crippen LogP contribution < -0.4 is 5.32 Å². The Balaban J connectivity index is 1.66. The Labute approximate surface area is 122 Å². The second kappa shape index (κ2) is 5.71. The van der Waals surface area contributed by atoms with Gasteiger partial charge in [0.2, 0.25) is 0 Å². The first-order valence-corrected chi connectivity index (χ1v) is 7.40. The maximum Gasteiger partial charge on any atom is 0.295 e. The van der Waals surface area contributed by atoms with E-state index < -0.39 is 4.92 Å². The third-order valence-corrected chi connectivity index (χ3v) is 4.26. The molecule has 1 aliphatic carbocycles. The predicted octanol–water partition coefficient (Wildman–Crippen LogP) is 3.97. The van der Waals surface area contributed by atoms with Gasteiger partial charge in [0, 0.05) is 18.7 Å². The predicted molar refractivity (Wildman–Crippen MR) is 80.3 cm³/mol. The van der Waals surface area contributed by atoms with Crippen molar-refractivity contribution < 1.29 is 9.34 Å². The van der Waals surface area contributed by atoms with Gasteiger partial charge in [0.25, 0.3) is 11.7 Å². The van der Waals surface area contributed by atoms with E-state index in [1.807, 2.05) is 0 Å². The molecule has 1 aromatic carbocycles. The Kier molecular flexibility index (Phi) is 3.77. The zero-order chi connectivity index (χ0) is 14.8. The van der Waals surface area contributed by atoms with Crippen molar-refractivity contribution in [2.75, 3.05) is 11.9 Å². The number of anilines is 1. The molecule has 0 unspecified atom stereocenters. The van der Waals surface area contributed by atoms with Crippen molar-refractivity contribution in [3.05, 3.63) is 28.3 Å². The molecule has 6 nitrogen and oxygen atoms in total. The number of nitrogens with zero attached hydrogens (tertiary/aromatic N) is 2. The van der Waals surface area contributed by atoms with Crippen molar-refractivity contribution >= 4 is 22.8 Å². The SMILES string of the molecule is CC1CCC(CNc2nc3cc([N+](=O)[O-])ccc3o2)CC1. The van der Waals surface area contributed by atoms with E-state index in [0.29, 0.717) is 23.0 Å². The standard InChI is InChI=1S/C15H19N3O3/c1-10-2-4-11(5-3-10)9-16-15-17-13-8-12(18(19)20)6-7-14(13)21-15/h6-8,10-11H,2-5,9H2,1H3,(H,16,17). The molecular formula is C15H19N3O3. The van der Waals surface area contributed by atoms with E-state index in [2.05, 4.69) is 17.2 Å². The number of rotatable bonds is 4. The van der Waals surface area contributed by atoms with Gasteiger partial charge in [-0.1, -0.05) is 19.8 Å². The lowest BCUT2D eigenvalue weighted by Crippen LogP contribution is -2.20. The van der Waals surface area contributed by atoms with E-state index in [-0.39, 0.29) is 5.69 Å². The van der Waals surface area contributed by atoms with Crippen LogP contribution in [0.2, 0.25) is 0 Å². The minimum absolute atomic E-state index is 0.0311. The quantitative estimate of drug-likeness (QED) is 0.680. The third-order valence-electron chi connectivity index (χ3n) is 4.26. The van der Waals surface area contributed by atoms with Gasteiger partial charge in [-0.2, -0.15) is 4.98 Å². The van der Waals surface area contributed by atoms with Crippen molar-refractivity contribution in [2.24, 2.45) is 11.8 Å². The first kappa shape index (κ1) is 13.9. The van der Waals surface area contributed by atoms with Gasteiger partial charge in [0.1, 0.15) is 5.52 Å². The molecule has 3 rings (SSSR count). The number of nitrogens with one attached hydrogen (secondary N) is 1. The number of fused-ring (bicyclic) bond motifs is 1. The van der Waals surface area contributed by atoms with Crippen LogP contribution in [0.3, 0.4) is 0 Å². The summed E-state index contributed by atoms with van der Waals surface area (Å²) in [6, 6.07) is 4.91. The number of nitro benzene ring substituents is 1. The Morgan fingerprint density at radius 1 is 1.38 bits per heavy atom. The van der Waals surface area contributed by atoms with Gasteiger partial charge >= 0.3 is 0 Å². The Bertz CT molecular complexity index is 645. The summed E-state index contributed by atoms with van der Waals surface area (Å²) in [4.78, 5) is 14.6. The molecule has 0 spiro atoms. The smallest absolute Gasteiger partial charge is 0.295 e. The molecule has 1 heterocycles. The molecule has 0 radical (unpaired) electrons. The van der Waals surface area contributed by atoms with Crippen molar-refractivity contribution in [3.8, 4) is 0 Å². The molecule has 1 aliphatic rings. The van der Waals surface area contributed by atoms with Crippen LogP contribution in [0, 0.1) is 22.0 Å². The highest BCUT2D eigenvalue weighted by molar-refractivity contribution is 5.77. The molecular weight excluding hydrogens is 270 g/mol. The molecule has 0 aliphatic heterocycles. The zero-order valence-corrected chi connectivity index (χ0v) is 12.0. The first-order chi connectivity index (χ1) is 10.1. The number of aromatic nitrogens is 1. The summed E-state index contributed by atoms with van der Waals surface area (Å²) in [7, 11) is 0. The first-order valence-electron chi connectivity index (χ1n) is 7.40. The molecule has 0 saturated heterocycles. The minimum Gasteiger partial charge on any atom is -0.424 e. The van der Waals surface area contributed by atoms with E-state index in [1.54, 1.807) is 6.07 Å². The van der Waals surface area contributed by atoms with Gasteiger partial charge in [-0.25, -0.2) is 0 Å². The highest BCUT2D eigenvalue weighted by atomic mass is 16.6. The summed E-state index contributed by atoms with van der Waals surface area (Å²) in [5, 5.41) is 14.0. The number of benzene rings is 1. The normalized spacial score (nSPS) is 22.3. The average Bonchev–Trinajstić information content (AvgIpc) is 2.88. The van der Waals surface area contributed by atoms with Crippen molar-refractivity contribution in [1.29, 1.82) is 0 Å². The molecule has 1 fully saturated rings. The van der Waals surface area contributed by atoms with Crippen LogP contribution in [0.25, 0.3) is 11.1 Å². The van der Waals surface area contributed by atoms with Crippen LogP contribution in [0.15, 0.2) is 22.6 Å². The lowest BCUT2D eigenvalue weighted by Gasteiger charge is -2.25. The summed E-state index contributed by atoms with van der Waals surface area (Å²) >= 11 is 0. The van der Waals surface area contributed by atoms with Crippen LogP contribution in [-0.2, 0) is 0 Å². The lowest BCUT2D eigenvalue weighted by molar-refractivity contribution is -0.384. The van der Waals surface area contributed by atoms with Crippen molar-refractivity contribution in [3.63, 3.8) is 0 Å². The Morgan fingerprint density at radius 3 is 2.86 bits per heavy atom. The molecule has 1 N–H and O–H groups in total. The summed E-state index contributed by atoms with van der Waals surface area (Å²) in [6.45, 7) is 3.15. The molecule has 0 atom stereocenters. The fourth-order valence-corrected chi connectivity index (χ4v) is 2.87. The molecule has 112 valence electrons. The van der Waals surface area contributed by atoms with Gasteiger partial charge < -0.3 is 9.73 Å². The number of oxazole rings is 1. The van der Waals surface area contributed by atoms with Gasteiger partial charge in [-0.3, -0.25) is 10.1 Å². The van der Waals surface area contributed by atoms with Crippen LogP contribution in [-0.4, -0.2) is 16.5 Å². The zero-order valence-electron chi connectivity index (χ0n) is 12.0. The molecule has 21 heavy (non-hydrogen) atoms. The van der Waals surface area contributed by atoms with Crippen LogP contribution in [0.1, 0.15) is 32.6 Å². The fraction of sp³-hybridized carbons (Fsp3) is 0.533. The van der Waals surface area contributed by atoms with E-state index in [1.165, 1.54) is 37.8 Å². The van der Waals surface area contributed by atoms with E-state index in [0.717, 1.165) is 12.5 Å². The largest absolute Gasteiger partial charge is 0.424 e. The molecule has 6 heteroatoms. The monoisotopic (exact) mass is 289 g/mol. The second-order valence-corrected chi connectivity index (χ2v) is 5.93. The molecule has 1 aromatic heterocycles. The lowest BCUT2D eigenvalue weighted by atomic mass is 9.83. The van der Waals surface area contributed by atoms with Gasteiger partial charge in [0.15, 0.2) is 5.58 Å². The van der Waals surface area contributed by atoms with Gasteiger partial charge in [-0.15, -0.1) is 0 Å². The molecule has 2 aromatic rings. The minimum atomic E-state index is -0.426. The Hall–Kier alpha value is -2.11. The average molecular weight is 289 g/mol. The van der Waals surface area contributed by atoms with E-state index in [4.69, 9.17) is 4.42 Å². The number of nitro groups is 1. The third kappa shape index (κ3) is 3.15. The van der Waals surface area contributed by atoms with Crippen LogP contribution in [0.4, 0.5) is 11.7 Å². The highest BCUT2D eigenvalue weighted by Gasteiger charge is 2.19.